The molecular formula is C54H40N2. The minimum Gasteiger partial charge on any atom is -0.228 e. The number of hydrogen-bond acceptors (Lipinski definition) is 2. The van der Waals surface area contributed by atoms with Gasteiger partial charge < -0.3 is 0 Å². The van der Waals surface area contributed by atoms with E-state index in [1.54, 1.807) is 0 Å². The molecule has 0 unspecified atom stereocenters. The Kier molecular flexibility index (Phi) is 6.98. The molecule has 2 aliphatic rings. The maximum Gasteiger partial charge on any atom is 0.160 e. The summed E-state index contributed by atoms with van der Waals surface area (Å²) in [5.74, 6) is 0.721. The second-order valence-corrected chi connectivity index (χ2v) is 16.6. The standard InChI is InChI=1S/C54H40N2/c1-53(2)44-24-14-23-41(51(44)43-29-35-18-8-9-19-36(35)30-47(43)53)39-21-12-13-22-40(39)49-32-48(55-52(56-49)34-16-6-5-7-17-34)37-25-27-42-46(31-37)54(3,4)45-28-26-33-15-10-11-20-38(33)50(42)45/h5-32H,1-4H3. The Labute approximate surface area is 328 Å². The van der Waals surface area contributed by atoms with Crippen LogP contribution in [-0.2, 0) is 10.8 Å². The first-order valence-electron chi connectivity index (χ1n) is 19.7. The smallest absolute Gasteiger partial charge is 0.160 e. The number of benzene rings is 8. The van der Waals surface area contributed by atoms with Gasteiger partial charge in [0.25, 0.3) is 0 Å². The summed E-state index contributed by atoms with van der Waals surface area (Å²) < 4.78 is 0. The fraction of sp³-hybridized carbons (Fsp3) is 0.111. The van der Waals surface area contributed by atoms with Gasteiger partial charge in [-0.25, -0.2) is 9.97 Å². The van der Waals surface area contributed by atoms with Crippen LogP contribution in [-0.4, -0.2) is 9.97 Å². The van der Waals surface area contributed by atoms with Crippen LogP contribution in [0.15, 0.2) is 170 Å². The Hall–Kier alpha value is -6.64. The minimum atomic E-state index is -0.154. The second kappa shape index (κ2) is 11.9. The van der Waals surface area contributed by atoms with Crippen molar-refractivity contribution in [3.05, 3.63) is 192 Å². The van der Waals surface area contributed by atoms with Gasteiger partial charge in [-0.3, -0.25) is 0 Å². The van der Waals surface area contributed by atoms with Crippen molar-refractivity contribution in [2.75, 3.05) is 0 Å². The first-order chi connectivity index (χ1) is 27.3. The normalized spacial score (nSPS) is 14.4. The third-order valence-electron chi connectivity index (χ3n) is 12.7. The van der Waals surface area contributed by atoms with Gasteiger partial charge in [-0.1, -0.05) is 173 Å². The largest absolute Gasteiger partial charge is 0.228 e. The molecular weight excluding hydrogens is 677 g/mol. The third-order valence-corrected chi connectivity index (χ3v) is 12.7. The number of fused-ring (bicyclic) bond motifs is 9. The predicted octanol–water partition coefficient (Wildman–Crippen LogP) is 14.1. The van der Waals surface area contributed by atoms with Crippen LogP contribution in [0.1, 0.15) is 49.9 Å². The Balaban J connectivity index is 1.11. The molecule has 0 aliphatic heterocycles. The zero-order chi connectivity index (χ0) is 37.8. The first kappa shape index (κ1) is 32.8. The minimum absolute atomic E-state index is 0.129. The maximum absolute atomic E-state index is 5.35. The van der Waals surface area contributed by atoms with Crippen LogP contribution in [0.4, 0.5) is 0 Å². The lowest BCUT2D eigenvalue weighted by molar-refractivity contribution is 0.661. The summed E-state index contributed by atoms with van der Waals surface area (Å²) in [6.07, 6.45) is 0. The van der Waals surface area contributed by atoms with Crippen molar-refractivity contribution in [1.82, 2.24) is 9.97 Å². The van der Waals surface area contributed by atoms with Gasteiger partial charge in [0.1, 0.15) is 0 Å². The van der Waals surface area contributed by atoms with Crippen molar-refractivity contribution < 1.29 is 0 Å². The van der Waals surface area contributed by atoms with E-state index in [1.807, 2.05) is 6.07 Å². The lowest BCUT2D eigenvalue weighted by atomic mass is 9.81. The summed E-state index contributed by atoms with van der Waals surface area (Å²) in [5.41, 5.74) is 17.9. The lowest BCUT2D eigenvalue weighted by Gasteiger charge is -2.22. The molecule has 0 fully saturated rings. The van der Waals surface area contributed by atoms with Gasteiger partial charge in [-0.05, 0) is 101 Å². The Bertz CT molecular complexity index is 3080. The van der Waals surface area contributed by atoms with Crippen molar-refractivity contribution in [3.63, 3.8) is 0 Å². The Morgan fingerprint density at radius 2 is 0.964 bits per heavy atom. The van der Waals surface area contributed by atoms with Crippen molar-refractivity contribution in [1.29, 1.82) is 0 Å². The molecule has 0 saturated carbocycles. The van der Waals surface area contributed by atoms with E-state index in [0.29, 0.717) is 0 Å². The van der Waals surface area contributed by atoms with E-state index >= 15 is 0 Å². The molecule has 266 valence electrons. The molecule has 2 aliphatic carbocycles. The molecule has 1 heterocycles. The molecule has 56 heavy (non-hydrogen) atoms. The molecule has 0 atom stereocenters. The van der Waals surface area contributed by atoms with Gasteiger partial charge in [-0.2, -0.15) is 0 Å². The molecule has 0 radical (unpaired) electrons. The number of rotatable bonds is 4. The molecule has 0 N–H and O–H groups in total. The molecule has 0 spiro atoms. The second-order valence-electron chi connectivity index (χ2n) is 16.6. The fourth-order valence-electron chi connectivity index (χ4n) is 9.75. The average Bonchev–Trinajstić information content (AvgIpc) is 3.61. The van der Waals surface area contributed by atoms with Crippen molar-refractivity contribution in [3.8, 4) is 67.3 Å². The number of aromatic nitrogens is 2. The summed E-state index contributed by atoms with van der Waals surface area (Å²) in [4.78, 5) is 10.6. The van der Waals surface area contributed by atoms with Crippen LogP contribution >= 0.6 is 0 Å². The predicted molar refractivity (Wildman–Crippen MR) is 234 cm³/mol. The van der Waals surface area contributed by atoms with Gasteiger partial charge in [0, 0.05) is 27.5 Å². The SMILES string of the molecule is CC1(C)c2cc3ccccc3cc2-c2c(-c3ccccc3-c3cc(-c4ccc5c(c4)C(C)(C)c4ccc6ccccc6c4-5)nc(-c4ccccc4)n3)cccc21. The van der Waals surface area contributed by atoms with Gasteiger partial charge in [0.05, 0.1) is 11.4 Å². The Morgan fingerprint density at radius 3 is 1.77 bits per heavy atom. The number of nitrogens with zero attached hydrogens (tertiary/aromatic N) is 2. The van der Waals surface area contributed by atoms with E-state index in [2.05, 4.69) is 191 Å². The van der Waals surface area contributed by atoms with Gasteiger partial charge in [0.15, 0.2) is 5.82 Å². The van der Waals surface area contributed by atoms with Crippen LogP contribution in [0.3, 0.4) is 0 Å². The van der Waals surface area contributed by atoms with Gasteiger partial charge in [0.2, 0.25) is 0 Å². The van der Waals surface area contributed by atoms with Crippen LogP contribution in [0.25, 0.3) is 88.8 Å². The van der Waals surface area contributed by atoms with E-state index < -0.39 is 0 Å². The monoisotopic (exact) mass is 716 g/mol. The highest BCUT2D eigenvalue weighted by Crippen LogP contribution is 2.55. The highest BCUT2D eigenvalue weighted by molar-refractivity contribution is 6.03. The lowest BCUT2D eigenvalue weighted by Crippen LogP contribution is -2.15. The fourth-order valence-corrected chi connectivity index (χ4v) is 9.75. The number of hydrogen-bond donors (Lipinski definition) is 0. The molecule has 2 nitrogen and oxygen atoms in total. The third kappa shape index (κ3) is 4.75. The van der Waals surface area contributed by atoms with Crippen LogP contribution in [0.2, 0.25) is 0 Å². The van der Waals surface area contributed by atoms with Crippen molar-refractivity contribution in [2.45, 2.75) is 38.5 Å². The molecule has 8 aromatic carbocycles. The zero-order valence-corrected chi connectivity index (χ0v) is 32.1. The molecule has 11 rings (SSSR count). The molecule has 9 aromatic rings. The highest BCUT2D eigenvalue weighted by atomic mass is 14.9. The van der Waals surface area contributed by atoms with E-state index in [9.17, 15) is 0 Å². The molecule has 2 heteroatoms. The zero-order valence-electron chi connectivity index (χ0n) is 32.1. The van der Waals surface area contributed by atoms with Crippen LogP contribution in [0, 0.1) is 0 Å². The molecule has 0 amide bonds. The first-order valence-corrected chi connectivity index (χ1v) is 19.7. The summed E-state index contributed by atoms with van der Waals surface area (Å²) in [6, 6.07) is 62.0. The molecule has 0 saturated heterocycles. The molecule has 1 aromatic heterocycles. The highest BCUT2D eigenvalue weighted by Gasteiger charge is 2.38. The van der Waals surface area contributed by atoms with Crippen molar-refractivity contribution in [2.24, 2.45) is 0 Å². The van der Waals surface area contributed by atoms with Gasteiger partial charge in [-0.15, -0.1) is 0 Å². The van der Waals surface area contributed by atoms with E-state index in [0.717, 1.165) is 33.9 Å². The van der Waals surface area contributed by atoms with Gasteiger partial charge >= 0.3 is 0 Å². The quantitative estimate of drug-likeness (QED) is 0.181. The van der Waals surface area contributed by atoms with E-state index in [4.69, 9.17) is 9.97 Å². The summed E-state index contributed by atoms with van der Waals surface area (Å²) in [5, 5.41) is 5.13. The average molecular weight is 717 g/mol. The summed E-state index contributed by atoms with van der Waals surface area (Å²) >= 11 is 0. The van der Waals surface area contributed by atoms with E-state index in [1.165, 1.54) is 77.2 Å². The summed E-state index contributed by atoms with van der Waals surface area (Å²) in [7, 11) is 0. The van der Waals surface area contributed by atoms with Crippen LogP contribution < -0.4 is 0 Å². The van der Waals surface area contributed by atoms with Crippen LogP contribution in [0.5, 0.6) is 0 Å². The Morgan fingerprint density at radius 1 is 0.339 bits per heavy atom. The summed E-state index contributed by atoms with van der Waals surface area (Å²) in [6.45, 7) is 9.44. The maximum atomic E-state index is 5.35. The molecule has 0 bridgehead atoms. The van der Waals surface area contributed by atoms with E-state index in [-0.39, 0.29) is 10.8 Å². The van der Waals surface area contributed by atoms with Crippen molar-refractivity contribution >= 4 is 21.5 Å². The topological polar surface area (TPSA) is 25.8 Å².